The van der Waals surface area contributed by atoms with Crippen LogP contribution in [0.2, 0.25) is 0 Å². The smallest absolute Gasteiger partial charge is 0.126 e. The maximum Gasteiger partial charge on any atom is 0.126 e. The van der Waals surface area contributed by atoms with Gasteiger partial charge in [0.1, 0.15) is 11.6 Å². The first-order valence-corrected chi connectivity index (χ1v) is 6.79. The monoisotopic (exact) mass is 325 g/mol. The van der Waals surface area contributed by atoms with Gasteiger partial charge in [-0.3, -0.25) is 0 Å². The molecule has 0 radical (unpaired) electrons. The van der Waals surface area contributed by atoms with Gasteiger partial charge in [0.25, 0.3) is 0 Å². The van der Waals surface area contributed by atoms with E-state index in [1.165, 1.54) is 12.1 Å². The number of rotatable bonds is 4. The van der Waals surface area contributed by atoms with Crippen molar-refractivity contribution in [1.29, 1.82) is 0 Å². The van der Waals surface area contributed by atoms with Gasteiger partial charge in [0.15, 0.2) is 0 Å². The van der Waals surface area contributed by atoms with Crippen LogP contribution in [-0.2, 0) is 6.42 Å². The van der Waals surface area contributed by atoms with Crippen LogP contribution in [0.5, 0.6) is 0 Å². The van der Waals surface area contributed by atoms with E-state index in [4.69, 9.17) is 5.73 Å². The minimum atomic E-state index is -0.558. The standard InChI is InChI=1S/C15H14BrF2N/c16-15-4-2-1-3-14(15)11(9-19)5-10-6-12(17)8-13(18)7-10/h1-4,6-8,11H,5,9,19H2. The molecule has 0 saturated heterocycles. The molecule has 2 N–H and O–H groups in total. The fourth-order valence-electron chi connectivity index (χ4n) is 2.14. The second-order valence-electron chi connectivity index (χ2n) is 4.44. The molecule has 2 aromatic carbocycles. The highest BCUT2D eigenvalue weighted by atomic mass is 79.9. The van der Waals surface area contributed by atoms with Crippen LogP contribution in [0.25, 0.3) is 0 Å². The summed E-state index contributed by atoms with van der Waals surface area (Å²) < 4.78 is 27.3. The molecule has 19 heavy (non-hydrogen) atoms. The summed E-state index contributed by atoms with van der Waals surface area (Å²) in [5.41, 5.74) is 7.45. The van der Waals surface area contributed by atoms with E-state index in [9.17, 15) is 8.78 Å². The molecule has 2 rings (SSSR count). The summed E-state index contributed by atoms with van der Waals surface area (Å²) in [6.07, 6.45) is 0.508. The Morgan fingerprint density at radius 3 is 2.26 bits per heavy atom. The zero-order valence-electron chi connectivity index (χ0n) is 10.2. The zero-order chi connectivity index (χ0) is 13.8. The summed E-state index contributed by atoms with van der Waals surface area (Å²) in [6.45, 7) is 0.417. The SMILES string of the molecule is NCC(Cc1cc(F)cc(F)c1)c1ccccc1Br. The summed E-state index contributed by atoms with van der Waals surface area (Å²) in [7, 11) is 0. The highest BCUT2D eigenvalue weighted by molar-refractivity contribution is 9.10. The molecule has 0 spiro atoms. The largest absolute Gasteiger partial charge is 0.330 e. The molecule has 0 aliphatic rings. The second-order valence-corrected chi connectivity index (χ2v) is 5.29. The molecule has 0 aliphatic heterocycles. The fraction of sp³-hybridized carbons (Fsp3) is 0.200. The highest BCUT2D eigenvalue weighted by Crippen LogP contribution is 2.27. The highest BCUT2D eigenvalue weighted by Gasteiger charge is 2.14. The predicted molar refractivity (Wildman–Crippen MR) is 76.0 cm³/mol. The van der Waals surface area contributed by atoms with Gasteiger partial charge in [-0.05, 0) is 42.3 Å². The van der Waals surface area contributed by atoms with Crippen LogP contribution >= 0.6 is 15.9 Å². The lowest BCUT2D eigenvalue weighted by molar-refractivity contribution is 0.575. The molecule has 100 valence electrons. The Kier molecular flexibility index (Phi) is 4.66. The molecule has 0 amide bonds. The van der Waals surface area contributed by atoms with E-state index in [0.717, 1.165) is 16.1 Å². The van der Waals surface area contributed by atoms with E-state index in [2.05, 4.69) is 15.9 Å². The van der Waals surface area contributed by atoms with Crippen LogP contribution in [0, 0.1) is 11.6 Å². The van der Waals surface area contributed by atoms with E-state index in [0.29, 0.717) is 18.5 Å². The van der Waals surface area contributed by atoms with Gasteiger partial charge >= 0.3 is 0 Å². The Balaban J connectivity index is 2.26. The maximum atomic E-state index is 13.2. The minimum absolute atomic E-state index is 0.0248. The first kappa shape index (κ1) is 14.2. The first-order chi connectivity index (χ1) is 9.10. The molecular weight excluding hydrogens is 312 g/mol. The third-order valence-electron chi connectivity index (χ3n) is 3.03. The van der Waals surface area contributed by atoms with Gasteiger partial charge < -0.3 is 5.73 Å². The van der Waals surface area contributed by atoms with Gasteiger partial charge in [0.05, 0.1) is 0 Å². The van der Waals surface area contributed by atoms with Crippen molar-refractivity contribution >= 4 is 15.9 Å². The molecule has 4 heteroatoms. The van der Waals surface area contributed by atoms with Crippen molar-refractivity contribution in [2.75, 3.05) is 6.54 Å². The average Bonchev–Trinajstić information content (AvgIpc) is 2.36. The van der Waals surface area contributed by atoms with E-state index >= 15 is 0 Å². The lowest BCUT2D eigenvalue weighted by Crippen LogP contribution is -2.15. The molecule has 1 atom stereocenters. The van der Waals surface area contributed by atoms with Crippen LogP contribution < -0.4 is 5.73 Å². The molecule has 0 bridgehead atoms. The average molecular weight is 326 g/mol. The van der Waals surface area contributed by atoms with Crippen molar-refractivity contribution < 1.29 is 8.78 Å². The Morgan fingerprint density at radius 2 is 1.68 bits per heavy atom. The van der Waals surface area contributed by atoms with Crippen molar-refractivity contribution in [3.63, 3.8) is 0 Å². The van der Waals surface area contributed by atoms with E-state index in [1.807, 2.05) is 24.3 Å². The third-order valence-corrected chi connectivity index (χ3v) is 3.76. The van der Waals surface area contributed by atoms with E-state index in [-0.39, 0.29) is 5.92 Å². The van der Waals surface area contributed by atoms with Crippen LogP contribution in [-0.4, -0.2) is 6.54 Å². The molecule has 0 saturated carbocycles. The Labute approximate surface area is 119 Å². The number of halogens is 3. The number of benzene rings is 2. The molecule has 0 heterocycles. The summed E-state index contributed by atoms with van der Waals surface area (Å²) in [6, 6.07) is 11.3. The lowest BCUT2D eigenvalue weighted by atomic mass is 9.92. The molecule has 0 aromatic heterocycles. The fourth-order valence-corrected chi connectivity index (χ4v) is 2.75. The van der Waals surface area contributed by atoms with Crippen molar-refractivity contribution in [2.24, 2.45) is 5.73 Å². The number of hydrogen-bond acceptors (Lipinski definition) is 1. The number of hydrogen-bond donors (Lipinski definition) is 1. The predicted octanol–water partition coefficient (Wildman–Crippen LogP) is 4.01. The van der Waals surface area contributed by atoms with Crippen LogP contribution in [0.3, 0.4) is 0 Å². The topological polar surface area (TPSA) is 26.0 Å². The number of nitrogens with two attached hydrogens (primary N) is 1. The quantitative estimate of drug-likeness (QED) is 0.903. The summed E-state index contributed by atoms with van der Waals surface area (Å²) in [5, 5.41) is 0. The normalized spacial score (nSPS) is 12.4. The van der Waals surface area contributed by atoms with Crippen molar-refractivity contribution in [3.05, 3.63) is 69.7 Å². The summed E-state index contributed by atoms with van der Waals surface area (Å²) >= 11 is 3.48. The second kappa shape index (κ2) is 6.26. The zero-order valence-corrected chi connectivity index (χ0v) is 11.8. The summed E-state index contributed by atoms with van der Waals surface area (Å²) in [4.78, 5) is 0. The Bertz CT molecular complexity index is 552. The first-order valence-electron chi connectivity index (χ1n) is 5.99. The maximum absolute atomic E-state index is 13.2. The minimum Gasteiger partial charge on any atom is -0.330 e. The van der Waals surface area contributed by atoms with E-state index < -0.39 is 11.6 Å². The van der Waals surface area contributed by atoms with Crippen molar-refractivity contribution in [1.82, 2.24) is 0 Å². The molecule has 0 fully saturated rings. The Morgan fingerprint density at radius 1 is 1.05 bits per heavy atom. The van der Waals surface area contributed by atoms with Gasteiger partial charge in [-0.2, -0.15) is 0 Å². The summed E-state index contributed by atoms with van der Waals surface area (Å²) in [5.74, 6) is -1.09. The van der Waals surface area contributed by atoms with Gasteiger partial charge in [-0.1, -0.05) is 34.1 Å². The van der Waals surface area contributed by atoms with E-state index in [1.54, 1.807) is 0 Å². The molecule has 0 aliphatic carbocycles. The van der Waals surface area contributed by atoms with Crippen LogP contribution in [0.1, 0.15) is 17.0 Å². The van der Waals surface area contributed by atoms with Crippen molar-refractivity contribution in [3.8, 4) is 0 Å². The van der Waals surface area contributed by atoms with Crippen molar-refractivity contribution in [2.45, 2.75) is 12.3 Å². The molecular formula is C15H14BrF2N. The van der Waals surface area contributed by atoms with Gasteiger partial charge in [0.2, 0.25) is 0 Å². The van der Waals surface area contributed by atoms with Gasteiger partial charge in [0, 0.05) is 16.5 Å². The molecule has 1 unspecified atom stereocenters. The van der Waals surface area contributed by atoms with Gasteiger partial charge in [-0.25, -0.2) is 8.78 Å². The lowest BCUT2D eigenvalue weighted by Gasteiger charge is -2.17. The molecule has 1 nitrogen and oxygen atoms in total. The van der Waals surface area contributed by atoms with Crippen LogP contribution in [0.4, 0.5) is 8.78 Å². The van der Waals surface area contributed by atoms with Gasteiger partial charge in [-0.15, -0.1) is 0 Å². The Hall–Kier alpha value is -1.26. The van der Waals surface area contributed by atoms with Crippen LogP contribution in [0.15, 0.2) is 46.9 Å². The third kappa shape index (κ3) is 3.61. The molecule has 2 aromatic rings.